The number of nitrogens with one attached hydrogen (secondary N) is 1. The Kier molecular flexibility index (Phi) is 9.21. The summed E-state index contributed by atoms with van der Waals surface area (Å²) in [6.45, 7) is 4.30. The largest absolute Gasteiger partial charge is 0.494 e. The number of hydrogen-bond donors (Lipinski definition) is 1. The first-order valence-corrected chi connectivity index (χ1v) is 9.33. The Bertz CT molecular complexity index is 790. The smallest absolute Gasteiger partial charge is 0.362 e. The Hall–Kier alpha value is -3.35. The Morgan fingerprint density at radius 3 is 2.24 bits per heavy atom. The molecule has 0 heterocycles. The summed E-state index contributed by atoms with van der Waals surface area (Å²) in [4.78, 5) is 27.9. The molecule has 0 saturated carbocycles. The maximum absolute atomic E-state index is 12.8. The fourth-order valence-corrected chi connectivity index (χ4v) is 2.35. The van der Waals surface area contributed by atoms with Gasteiger partial charge in [-0.3, -0.25) is 0 Å². The summed E-state index contributed by atoms with van der Waals surface area (Å²) in [5, 5.41) is 0. The van der Waals surface area contributed by atoms with Crippen molar-refractivity contribution in [3.63, 3.8) is 0 Å². The van der Waals surface area contributed by atoms with E-state index in [9.17, 15) is 14.0 Å². The number of ether oxygens (including phenoxy) is 2. The van der Waals surface area contributed by atoms with Crippen LogP contribution >= 0.6 is 0 Å². The monoisotopic (exact) mass is 401 g/mol. The van der Waals surface area contributed by atoms with Gasteiger partial charge in [0.2, 0.25) is 0 Å². The average molecular weight is 401 g/mol. The summed E-state index contributed by atoms with van der Waals surface area (Å²) < 4.78 is 23.4. The van der Waals surface area contributed by atoms with Gasteiger partial charge in [0.05, 0.1) is 24.5 Å². The van der Waals surface area contributed by atoms with Crippen molar-refractivity contribution in [1.82, 2.24) is 0 Å². The van der Waals surface area contributed by atoms with Crippen LogP contribution in [0.15, 0.2) is 61.2 Å². The molecule has 0 amide bonds. The number of carbonyl (C=O) groups is 2. The number of esters is 1. The molecule has 1 N–H and O–H groups in total. The van der Waals surface area contributed by atoms with Crippen molar-refractivity contribution in [2.24, 2.45) is 0 Å². The highest BCUT2D eigenvalue weighted by atomic mass is 19.1. The van der Waals surface area contributed by atoms with Gasteiger partial charge in [0.15, 0.2) is 0 Å². The van der Waals surface area contributed by atoms with E-state index in [2.05, 4.69) is 12.1 Å². The zero-order chi connectivity index (χ0) is 20.9. The van der Waals surface area contributed by atoms with E-state index in [0.29, 0.717) is 30.2 Å². The van der Waals surface area contributed by atoms with E-state index in [1.54, 1.807) is 24.3 Å². The van der Waals surface area contributed by atoms with Gasteiger partial charge in [0.25, 0.3) is 0 Å². The second-order valence-electron chi connectivity index (χ2n) is 6.16. The molecule has 2 aromatic carbocycles. The first-order chi connectivity index (χ1) is 14.1. The van der Waals surface area contributed by atoms with Gasteiger partial charge in [-0.25, -0.2) is 19.5 Å². The van der Waals surface area contributed by atoms with Crippen LogP contribution in [0.1, 0.15) is 36.0 Å². The molecular formula is C22H24FNO5. The normalized spacial score (nSPS) is 10.1. The van der Waals surface area contributed by atoms with E-state index in [1.807, 2.05) is 0 Å². The summed E-state index contributed by atoms with van der Waals surface area (Å²) in [5.74, 6) is -0.663. The van der Waals surface area contributed by atoms with Crippen LogP contribution in [0.3, 0.4) is 0 Å². The minimum absolute atomic E-state index is 0.362. The van der Waals surface area contributed by atoms with Gasteiger partial charge in [-0.2, -0.15) is 0 Å². The lowest BCUT2D eigenvalue weighted by atomic mass is 10.2. The molecule has 0 saturated heterocycles. The van der Waals surface area contributed by atoms with Gasteiger partial charge in [-0.1, -0.05) is 6.58 Å². The number of hydrogen-bond acceptors (Lipinski definition) is 6. The van der Waals surface area contributed by atoms with Crippen molar-refractivity contribution in [1.29, 1.82) is 0 Å². The van der Waals surface area contributed by atoms with Gasteiger partial charge >= 0.3 is 11.9 Å². The first-order valence-electron chi connectivity index (χ1n) is 9.33. The maximum Gasteiger partial charge on any atom is 0.362 e. The molecule has 2 rings (SSSR count). The highest BCUT2D eigenvalue weighted by molar-refractivity contribution is 5.90. The fraction of sp³-hybridized carbons (Fsp3) is 0.273. The molecule has 0 atom stereocenters. The van der Waals surface area contributed by atoms with Gasteiger partial charge in [-0.05, 0) is 74.2 Å². The third-order valence-electron chi connectivity index (χ3n) is 3.91. The van der Waals surface area contributed by atoms with Crippen LogP contribution in [-0.4, -0.2) is 25.2 Å². The summed E-state index contributed by atoms with van der Waals surface area (Å²) in [5.41, 5.74) is 3.31. The molecule has 0 aromatic heterocycles. The van der Waals surface area contributed by atoms with Gasteiger partial charge in [-0.15, -0.1) is 0 Å². The fourth-order valence-electron chi connectivity index (χ4n) is 2.35. The minimum atomic E-state index is -0.557. The van der Waals surface area contributed by atoms with Crippen LogP contribution in [0.5, 0.6) is 5.75 Å². The summed E-state index contributed by atoms with van der Waals surface area (Å²) in [7, 11) is 0. The van der Waals surface area contributed by atoms with E-state index in [1.165, 1.54) is 24.3 Å². The number of anilines is 1. The average Bonchev–Trinajstić information content (AvgIpc) is 2.75. The lowest BCUT2D eigenvalue weighted by Crippen LogP contribution is -2.10. The standard InChI is InChI=1S/C22H24FNO5/c1-2-21(25)28-16-6-4-3-5-15-27-20-13-7-17(8-14-20)22(26)29-24-19-11-9-18(23)10-12-19/h2,7-14,24H,1,3-6,15-16H2. The third-order valence-corrected chi connectivity index (χ3v) is 3.91. The number of unbranched alkanes of at least 4 members (excludes halogenated alkanes) is 3. The van der Waals surface area contributed by atoms with E-state index >= 15 is 0 Å². The SMILES string of the molecule is C=CC(=O)OCCCCCCOc1ccc(C(=O)ONc2ccc(F)cc2)cc1. The Morgan fingerprint density at radius 2 is 1.59 bits per heavy atom. The number of rotatable bonds is 12. The summed E-state index contributed by atoms with van der Waals surface area (Å²) in [6, 6.07) is 12.1. The van der Waals surface area contributed by atoms with Crippen molar-refractivity contribution in [3.8, 4) is 5.75 Å². The van der Waals surface area contributed by atoms with Crippen LogP contribution in [0.2, 0.25) is 0 Å². The van der Waals surface area contributed by atoms with Crippen LogP contribution < -0.4 is 10.2 Å². The second-order valence-corrected chi connectivity index (χ2v) is 6.16. The highest BCUT2D eigenvalue weighted by Crippen LogP contribution is 2.15. The molecule has 6 nitrogen and oxygen atoms in total. The topological polar surface area (TPSA) is 73.9 Å². The molecule has 7 heteroatoms. The molecular weight excluding hydrogens is 377 g/mol. The summed E-state index contributed by atoms with van der Waals surface area (Å²) in [6.07, 6.45) is 4.74. The molecule has 0 unspecified atom stereocenters. The van der Waals surface area contributed by atoms with Crippen LogP contribution in [0.25, 0.3) is 0 Å². The lowest BCUT2D eigenvalue weighted by Gasteiger charge is -2.08. The van der Waals surface area contributed by atoms with Crippen molar-refractivity contribution in [3.05, 3.63) is 72.6 Å². The van der Waals surface area contributed by atoms with E-state index in [4.69, 9.17) is 14.3 Å². The van der Waals surface area contributed by atoms with Crippen molar-refractivity contribution < 1.29 is 28.3 Å². The molecule has 2 aromatic rings. The van der Waals surface area contributed by atoms with Gasteiger partial charge < -0.3 is 14.3 Å². The molecule has 154 valence electrons. The molecule has 0 radical (unpaired) electrons. The van der Waals surface area contributed by atoms with Gasteiger partial charge in [0.1, 0.15) is 11.6 Å². The number of carbonyl (C=O) groups excluding carboxylic acids is 2. The van der Waals surface area contributed by atoms with E-state index < -0.39 is 11.9 Å². The van der Waals surface area contributed by atoms with Gasteiger partial charge in [0, 0.05) is 6.08 Å². The van der Waals surface area contributed by atoms with Crippen molar-refractivity contribution in [2.45, 2.75) is 25.7 Å². The molecule has 29 heavy (non-hydrogen) atoms. The Morgan fingerprint density at radius 1 is 0.931 bits per heavy atom. The molecule has 0 spiro atoms. The zero-order valence-electron chi connectivity index (χ0n) is 16.1. The minimum Gasteiger partial charge on any atom is -0.494 e. The molecule has 0 fully saturated rings. The first kappa shape index (κ1) is 21.9. The van der Waals surface area contributed by atoms with Crippen LogP contribution in [0.4, 0.5) is 10.1 Å². The zero-order valence-corrected chi connectivity index (χ0v) is 16.1. The quantitative estimate of drug-likeness (QED) is 0.241. The Balaban J connectivity index is 1.61. The number of benzene rings is 2. The maximum atomic E-state index is 12.8. The predicted octanol–water partition coefficient (Wildman–Crippen LogP) is 4.68. The van der Waals surface area contributed by atoms with Crippen molar-refractivity contribution >= 4 is 17.6 Å². The van der Waals surface area contributed by atoms with E-state index in [-0.39, 0.29) is 5.82 Å². The molecule has 0 aliphatic carbocycles. The molecule has 0 bridgehead atoms. The van der Waals surface area contributed by atoms with Crippen LogP contribution in [0, 0.1) is 5.82 Å². The lowest BCUT2D eigenvalue weighted by molar-refractivity contribution is -0.137. The number of halogens is 1. The Labute approximate surface area is 169 Å². The molecule has 0 aliphatic heterocycles. The second kappa shape index (κ2) is 12.2. The van der Waals surface area contributed by atoms with Crippen molar-refractivity contribution in [2.75, 3.05) is 18.7 Å². The predicted molar refractivity (Wildman–Crippen MR) is 107 cm³/mol. The van der Waals surface area contributed by atoms with E-state index in [0.717, 1.165) is 31.8 Å². The third kappa shape index (κ3) is 8.47. The van der Waals surface area contributed by atoms with Crippen LogP contribution in [-0.2, 0) is 14.4 Å². The summed E-state index contributed by atoms with van der Waals surface area (Å²) >= 11 is 0. The molecule has 0 aliphatic rings. The highest BCUT2D eigenvalue weighted by Gasteiger charge is 2.08.